The van der Waals surface area contributed by atoms with Gasteiger partial charge < -0.3 is 24.9 Å². The van der Waals surface area contributed by atoms with E-state index >= 15 is 0 Å². The highest BCUT2D eigenvalue weighted by atomic mass is 32.1. The van der Waals surface area contributed by atoms with Crippen LogP contribution in [-0.4, -0.2) is 66.4 Å². The fourth-order valence-corrected chi connectivity index (χ4v) is 1.78. The van der Waals surface area contributed by atoms with E-state index in [1.807, 2.05) is 0 Å². The summed E-state index contributed by atoms with van der Waals surface area (Å²) in [6.07, 6.45) is -8.31. The fraction of sp³-hybridized carbons (Fsp3) is 0.857. The predicted octanol–water partition coefficient (Wildman–Crippen LogP) is -1.77. The van der Waals surface area contributed by atoms with E-state index in [-0.39, 0.29) is 0 Å². The number of aliphatic hydroxyl groups excluding tert-OH is 4. The van der Waals surface area contributed by atoms with Crippen LogP contribution < -0.4 is 0 Å². The first kappa shape index (κ1) is 17.8. The number of halogens is 1. The van der Waals surface area contributed by atoms with Gasteiger partial charge in [0.2, 0.25) is 5.05 Å². The molecular formula is C7H14FO8PS. The number of thiocarbonyl (C=S) groups is 1. The van der Waals surface area contributed by atoms with E-state index in [1.54, 1.807) is 0 Å². The number of hydrogen-bond donors (Lipinski definition) is 6. The lowest BCUT2D eigenvalue weighted by molar-refractivity contribution is -0.0932. The molecule has 0 saturated heterocycles. The predicted molar refractivity (Wildman–Crippen MR) is 60.3 cm³/mol. The van der Waals surface area contributed by atoms with Gasteiger partial charge in [-0.2, -0.15) is 0 Å². The maximum Gasteiger partial charge on any atom is 0.525 e. The van der Waals surface area contributed by atoms with Crippen LogP contribution >= 0.6 is 20.0 Å². The molecule has 0 radical (unpaired) electrons. The molecule has 8 nitrogen and oxygen atoms in total. The molecule has 1 unspecified atom stereocenters. The zero-order valence-electron chi connectivity index (χ0n) is 8.96. The summed E-state index contributed by atoms with van der Waals surface area (Å²) in [6.45, 7) is -0.968. The van der Waals surface area contributed by atoms with Crippen molar-refractivity contribution in [3.05, 3.63) is 0 Å². The molecule has 0 aromatic rings. The SMILES string of the molecule is O=P(O)(O)OC(=S)[C@H](O)[C@H](O)[C@H](O)C(O)CCF. The molecule has 0 aliphatic carbocycles. The van der Waals surface area contributed by atoms with Crippen LogP contribution in [-0.2, 0) is 9.09 Å². The quantitative estimate of drug-likeness (QED) is 0.237. The zero-order valence-corrected chi connectivity index (χ0v) is 10.7. The van der Waals surface area contributed by atoms with Crippen LogP contribution in [0.25, 0.3) is 0 Å². The lowest BCUT2D eigenvalue weighted by atomic mass is 10.0. The van der Waals surface area contributed by atoms with Crippen molar-refractivity contribution >= 4 is 25.1 Å². The molecule has 0 bridgehead atoms. The van der Waals surface area contributed by atoms with Gasteiger partial charge >= 0.3 is 7.82 Å². The van der Waals surface area contributed by atoms with E-state index in [0.717, 1.165) is 0 Å². The summed E-state index contributed by atoms with van der Waals surface area (Å²) in [4.78, 5) is 16.8. The van der Waals surface area contributed by atoms with Gasteiger partial charge in [-0.3, -0.25) is 14.2 Å². The van der Waals surface area contributed by atoms with Crippen molar-refractivity contribution in [1.82, 2.24) is 0 Å². The normalized spacial score (nSPS) is 18.8. The molecule has 0 saturated carbocycles. The Morgan fingerprint density at radius 2 is 1.72 bits per heavy atom. The number of phosphoric acid groups is 1. The third kappa shape index (κ3) is 6.12. The topological polar surface area (TPSA) is 148 Å². The molecule has 0 fully saturated rings. The number of alkyl halides is 1. The molecule has 0 rings (SSSR count). The summed E-state index contributed by atoms with van der Waals surface area (Å²) in [7, 11) is -5.00. The average Bonchev–Trinajstić information content (AvgIpc) is 2.24. The maximum atomic E-state index is 11.9. The second kappa shape index (κ2) is 7.41. The molecule has 6 N–H and O–H groups in total. The third-order valence-corrected chi connectivity index (χ3v) is 2.81. The van der Waals surface area contributed by atoms with Gasteiger partial charge in [-0.15, -0.1) is 0 Å². The first-order chi connectivity index (χ1) is 8.10. The van der Waals surface area contributed by atoms with Crippen molar-refractivity contribution in [3.8, 4) is 0 Å². The number of hydrogen-bond acceptors (Lipinski definition) is 7. The van der Waals surface area contributed by atoms with Gasteiger partial charge in [-0.05, 0) is 12.2 Å². The second-order valence-electron chi connectivity index (χ2n) is 3.37. The fourth-order valence-electron chi connectivity index (χ4n) is 1.01. The number of rotatable bonds is 7. The Hall–Kier alpha value is -0.190. The largest absolute Gasteiger partial charge is 0.525 e. The van der Waals surface area contributed by atoms with Crippen molar-refractivity contribution in [1.29, 1.82) is 0 Å². The molecular weight excluding hydrogens is 294 g/mol. The summed E-state index contributed by atoms with van der Waals surface area (Å²) < 4.78 is 26.1. The van der Waals surface area contributed by atoms with E-state index in [4.69, 9.17) is 14.9 Å². The molecule has 11 heteroatoms. The first-order valence-electron chi connectivity index (χ1n) is 4.67. The summed E-state index contributed by atoms with van der Waals surface area (Å²) in [5, 5.41) is 36.1. The maximum absolute atomic E-state index is 11.9. The monoisotopic (exact) mass is 308 g/mol. The second-order valence-corrected chi connectivity index (χ2v) is 4.94. The number of phosphoric ester groups is 1. The van der Waals surface area contributed by atoms with Crippen molar-refractivity contribution in [2.75, 3.05) is 6.67 Å². The van der Waals surface area contributed by atoms with Crippen LogP contribution in [0.3, 0.4) is 0 Å². The Kier molecular flexibility index (Phi) is 7.33. The van der Waals surface area contributed by atoms with Crippen molar-refractivity contribution in [3.63, 3.8) is 0 Å². The standard InChI is InChI=1S/C7H14FO8PS/c8-2-1-3(9)4(10)5(11)6(12)7(18)16-17(13,14)15/h3-6,9-12H,1-2H2,(H2,13,14,15)/t3?,4-,5-,6-/m1/s1. The van der Waals surface area contributed by atoms with Crippen molar-refractivity contribution in [2.24, 2.45) is 0 Å². The molecule has 0 heterocycles. The molecule has 4 atom stereocenters. The summed E-state index contributed by atoms with van der Waals surface area (Å²) in [5.74, 6) is 0. The minimum absolute atomic E-state index is 0.489. The smallest absolute Gasteiger partial charge is 0.394 e. The van der Waals surface area contributed by atoms with Gasteiger partial charge in [0.05, 0.1) is 12.8 Å². The van der Waals surface area contributed by atoms with Crippen LogP contribution in [0.4, 0.5) is 4.39 Å². The molecule has 0 spiro atoms. The van der Waals surface area contributed by atoms with Gasteiger partial charge in [0.1, 0.15) is 12.2 Å². The summed E-state index contributed by atoms with van der Waals surface area (Å²) >= 11 is 4.28. The van der Waals surface area contributed by atoms with Crippen LogP contribution in [0.2, 0.25) is 0 Å². The average molecular weight is 308 g/mol. The highest BCUT2D eigenvalue weighted by molar-refractivity contribution is 7.80. The van der Waals surface area contributed by atoms with Crippen LogP contribution in [0.15, 0.2) is 0 Å². The van der Waals surface area contributed by atoms with Gasteiger partial charge in [0, 0.05) is 6.42 Å². The van der Waals surface area contributed by atoms with Gasteiger partial charge in [-0.25, -0.2) is 4.57 Å². The summed E-state index contributed by atoms with van der Waals surface area (Å²) in [6, 6.07) is 0. The molecule has 0 aliphatic heterocycles. The molecule has 0 aromatic heterocycles. The van der Waals surface area contributed by atoms with E-state index in [0.29, 0.717) is 0 Å². The Balaban J connectivity index is 4.53. The van der Waals surface area contributed by atoms with Crippen LogP contribution in [0, 0.1) is 0 Å². The van der Waals surface area contributed by atoms with Gasteiger partial charge in [0.15, 0.2) is 6.10 Å². The minimum atomic E-state index is -5.00. The first-order valence-corrected chi connectivity index (χ1v) is 6.61. The van der Waals surface area contributed by atoms with Crippen LogP contribution in [0.5, 0.6) is 0 Å². The third-order valence-electron chi connectivity index (χ3n) is 1.92. The minimum Gasteiger partial charge on any atom is -0.394 e. The molecule has 0 aromatic carbocycles. The van der Waals surface area contributed by atoms with E-state index < -0.39 is 50.4 Å². The lowest BCUT2D eigenvalue weighted by Crippen LogP contribution is -2.47. The Labute approximate surface area is 107 Å². The molecule has 0 aliphatic rings. The van der Waals surface area contributed by atoms with Crippen molar-refractivity contribution in [2.45, 2.75) is 30.8 Å². The Morgan fingerprint density at radius 3 is 2.11 bits per heavy atom. The molecule has 108 valence electrons. The highest BCUT2D eigenvalue weighted by Crippen LogP contribution is 2.37. The zero-order chi connectivity index (χ0) is 14.5. The molecule has 0 amide bonds. The van der Waals surface area contributed by atoms with Crippen molar-refractivity contribution < 1.29 is 43.7 Å². The van der Waals surface area contributed by atoms with Crippen LogP contribution in [0.1, 0.15) is 6.42 Å². The Bertz CT molecular complexity index is 323. The lowest BCUT2D eigenvalue weighted by Gasteiger charge is -2.26. The number of aliphatic hydroxyl groups is 4. The molecule has 18 heavy (non-hydrogen) atoms. The van der Waals surface area contributed by atoms with E-state index in [9.17, 15) is 24.3 Å². The summed E-state index contributed by atoms with van der Waals surface area (Å²) in [5.41, 5.74) is 0. The van der Waals surface area contributed by atoms with Gasteiger partial charge in [-0.1, -0.05) is 0 Å². The Morgan fingerprint density at radius 1 is 1.22 bits per heavy atom. The van der Waals surface area contributed by atoms with Gasteiger partial charge in [0.25, 0.3) is 0 Å². The van der Waals surface area contributed by atoms with E-state index in [1.165, 1.54) is 0 Å². The van der Waals surface area contributed by atoms with E-state index in [2.05, 4.69) is 16.7 Å². The highest BCUT2D eigenvalue weighted by Gasteiger charge is 2.35.